The molecule has 1 saturated heterocycles. The SMILES string of the molecule is Nc1ccc(F)c(F)c1NCC1CCCCO1. The van der Waals surface area contributed by atoms with Crippen LogP contribution in [-0.4, -0.2) is 19.3 Å². The van der Waals surface area contributed by atoms with E-state index in [-0.39, 0.29) is 17.5 Å². The van der Waals surface area contributed by atoms with E-state index >= 15 is 0 Å². The van der Waals surface area contributed by atoms with E-state index in [9.17, 15) is 8.78 Å². The lowest BCUT2D eigenvalue weighted by atomic mass is 10.1. The maximum atomic E-state index is 13.5. The molecule has 1 aromatic rings. The molecular formula is C12H16F2N2O. The van der Waals surface area contributed by atoms with Gasteiger partial charge < -0.3 is 15.8 Å². The van der Waals surface area contributed by atoms with Gasteiger partial charge in [-0.3, -0.25) is 0 Å². The lowest BCUT2D eigenvalue weighted by Gasteiger charge is -2.23. The Morgan fingerprint density at radius 3 is 2.88 bits per heavy atom. The third-order valence-corrected chi connectivity index (χ3v) is 2.91. The Labute approximate surface area is 98.9 Å². The van der Waals surface area contributed by atoms with Gasteiger partial charge in [-0.2, -0.15) is 0 Å². The molecule has 17 heavy (non-hydrogen) atoms. The van der Waals surface area contributed by atoms with Gasteiger partial charge in [0.25, 0.3) is 0 Å². The standard InChI is InChI=1S/C12H16F2N2O/c13-9-4-5-10(15)12(11(9)14)16-7-8-3-1-2-6-17-8/h4-5,8,16H,1-3,6-7,15H2. The average molecular weight is 242 g/mol. The van der Waals surface area contributed by atoms with Crippen LogP contribution in [0.15, 0.2) is 12.1 Å². The molecule has 1 atom stereocenters. The molecule has 0 aliphatic carbocycles. The van der Waals surface area contributed by atoms with Crippen LogP contribution >= 0.6 is 0 Å². The van der Waals surface area contributed by atoms with E-state index in [1.165, 1.54) is 6.07 Å². The fourth-order valence-electron chi connectivity index (χ4n) is 1.93. The summed E-state index contributed by atoms with van der Waals surface area (Å²) in [6.45, 7) is 1.18. The minimum atomic E-state index is -0.930. The number of rotatable bonds is 3. The third-order valence-electron chi connectivity index (χ3n) is 2.91. The maximum Gasteiger partial charge on any atom is 0.183 e. The minimum Gasteiger partial charge on any atom is -0.397 e. The number of nitrogens with two attached hydrogens (primary N) is 1. The first-order chi connectivity index (χ1) is 8.18. The van der Waals surface area contributed by atoms with E-state index in [4.69, 9.17) is 10.5 Å². The predicted molar refractivity (Wildman–Crippen MR) is 62.9 cm³/mol. The second-order valence-corrected chi connectivity index (χ2v) is 4.20. The number of benzene rings is 1. The van der Waals surface area contributed by atoms with Crippen molar-refractivity contribution in [1.82, 2.24) is 0 Å². The maximum absolute atomic E-state index is 13.5. The Hall–Kier alpha value is -1.36. The zero-order valence-electron chi connectivity index (χ0n) is 9.51. The van der Waals surface area contributed by atoms with Gasteiger partial charge in [0, 0.05) is 13.2 Å². The number of hydrogen-bond acceptors (Lipinski definition) is 3. The number of nitrogens with one attached hydrogen (secondary N) is 1. The van der Waals surface area contributed by atoms with Crippen molar-refractivity contribution in [3.8, 4) is 0 Å². The molecule has 1 aromatic carbocycles. The van der Waals surface area contributed by atoms with Crippen LogP contribution in [0.2, 0.25) is 0 Å². The fourth-order valence-corrected chi connectivity index (χ4v) is 1.93. The summed E-state index contributed by atoms with van der Waals surface area (Å²) >= 11 is 0. The fraction of sp³-hybridized carbons (Fsp3) is 0.500. The van der Waals surface area contributed by atoms with Crippen LogP contribution in [0.25, 0.3) is 0 Å². The third kappa shape index (κ3) is 2.85. The summed E-state index contributed by atoms with van der Waals surface area (Å²) in [5.74, 6) is -1.83. The summed E-state index contributed by atoms with van der Waals surface area (Å²) in [5, 5.41) is 2.83. The van der Waals surface area contributed by atoms with Gasteiger partial charge in [-0.05, 0) is 31.4 Å². The summed E-state index contributed by atoms with van der Waals surface area (Å²) in [5.41, 5.74) is 5.83. The van der Waals surface area contributed by atoms with Crippen LogP contribution in [0.5, 0.6) is 0 Å². The number of halogens is 2. The van der Waals surface area contributed by atoms with Crippen LogP contribution in [0.4, 0.5) is 20.2 Å². The molecule has 0 amide bonds. The first-order valence-corrected chi connectivity index (χ1v) is 5.77. The van der Waals surface area contributed by atoms with Crippen LogP contribution in [0, 0.1) is 11.6 Å². The lowest BCUT2D eigenvalue weighted by molar-refractivity contribution is 0.0247. The summed E-state index contributed by atoms with van der Waals surface area (Å²) < 4.78 is 32.0. The number of hydrogen-bond donors (Lipinski definition) is 2. The zero-order chi connectivity index (χ0) is 12.3. The highest BCUT2D eigenvalue weighted by molar-refractivity contribution is 5.66. The molecule has 0 aromatic heterocycles. The van der Waals surface area contributed by atoms with Gasteiger partial charge in [0.15, 0.2) is 11.6 Å². The molecule has 0 saturated carbocycles. The van der Waals surface area contributed by atoms with E-state index in [0.29, 0.717) is 6.54 Å². The normalized spacial score (nSPS) is 20.2. The molecular weight excluding hydrogens is 226 g/mol. The molecule has 2 rings (SSSR count). The number of nitrogen functional groups attached to an aromatic ring is 1. The van der Waals surface area contributed by atoms with Gasteiger partial charge >= 0.3 is 0 Å². The van der Waals surface area contributed by atoms with E-state index in [1.54, 1.807) is 0 Å². The van der Waals surface area contributed by atoms with Gasteiger partial charge in [-0.15, -0.1) is 0 Å². The van der Waals surface area contributed by atoms with Crippen LogP contribution in [-0.2, 0) is 4.74 Å². The second kappa shape index (κ2) is 5.31. The van der Waals surface area contributed by atoms with Gasteiger partial charge in [0.2, 0.25) is 0 Å². The van der Waals surface area contributed by atoms with E-state index in [2.05, 4.69) is 5.32 Å². The van der Waals surface area contributed by atoms with Crippen LogP contribution in [0.3, 0.4) is 0 Å². The second-order valence-electron chi connectivity index (χ2n) is 4.20. The summed E-state index contributed by atoms with van der Waals surface area (Å²) in [7, 11) is 0. The van der Waals surface area contributed by atoms with Crippen molar-refractivity contribution in [3.63, 3.8) is 0 Å². The molecule has 0 radical (unpaired) electrons. The predicted octanol–water partition coefficient (Wildman–Crippen LogP) is 2.53. The highest BCUT2D eigenvalue weighted by Gasteiger charge is 2.16. The summed E-state index contributed by atoms with van der Waals surface area (Å²) in [4.78, 5) is 0. The molecule has 1 fully saturated rings. The summed E-state index contributed by atoms with van der Waals surface area (Å²) in [6.07, 6.45) is 3.15. The molecule has 3 N–H and O–H groups in total. The monoisotopic (exact) mass is 242 g/mol. The summed E-state index contributed by atoms with van der Waals surface area (Å²) in [6, 6.07) is 2.37. The van der Waals surface area contributed by atoms with Crippen LogP contribution in [0.1, 0.15) is 19.3 Å². The average Bonchev–Trinajstić information content (AvgIpc) is 2.35. The lowest BCUT2D eigenvalue weighted by Crippen LogP contribution is -2.27. The van der Waals surface area contributed by atoms with Gasteiger partial charge in [-0.25, -0.2) is 8.78 Å². The van der Waals surface area contributed by atoms with Crippen molar-refractivity contribution in [1.29, 1.82) is 0 Å². The molecule has 94 valence electrons. The Morgan fingerprint density at radius 1 is 1.35 bits per heavy atom. The minimum absolute atomic E-state index is 0.0270. The molecule has 1 heterocycles. The topological polar surface area (TPSA) is 47.3 Å². The van der Waals surface area contributed by atoms with Crippen molar-refractivity contribution in [2.45, 2.75) is 25.4 Å². The number of anilines is 2. The van der Waals surface area contributed by atoms with Crippen LogP contribution < -0.4 is 11.1 Å². The zero-order valence-corrected chi connectivity index (χ0v) is 9.51. The molecule has 1 unspecified atom stereocenters. The highest BCUT2D eigenvalue weighted by Crippen LogP contribution is 2.25. The molecule has 1 aliphatic rings. The molecule has 0 spiro atoms. The van der Waals surface area contributed by atoms with Crippen molar-refractivity contribution in [3.05, 3.63) is 23.8 Å². The van der Waals surface area contributed by atoms with Crippen molar-refractivity contribution < 1.29 is 13.5 Å². The van der Waals surface area contributed by atoms with E-state index in [1.807, 2.05) is 0 Å². The van der Waals surface area contributed by atoms with Gasteiger partial charge in [-0.1, -0.05) is 0 Å². The Balaban J connectivity index is 2.00. The smallest absolute Gasteiger partial charge is 0.183 e. The van der Waals surface area contributed by atoms with Crippen molar-refractivity contribution in [2.75, 3.05) is 24.2 Å². The van der Waals surface area contributed by atoms with E-state index < -0.39 is 11.6 Å². The first-order valence-electron chi connectivity index (χ1n) is 5.77. The highest BCUT2D eigenvalue weighted by atomic mass is 19.2. The molecule has 5 heteroatoms. The largest absolute Gasteiger partial charge is 0.397 e. The first kappa shape index (κ1) is 12.1. The Morgan fingerprint density at radius 2 is 2.18 bits per heavy atom. The van der Waals surface area contributed by atoms with E-state index in [0.717, 1.165) is 31.9 Å². The molecule has 3 nitrogen and oxygen atoms in total. The van der Waals surface area contributed by atoms with Gasteiger partial charge in [0.1, 0.15) is 0 Å². The number of ether oxygens (including phenoxy) is 1. The molecule has 0 bridgehead atoms. The Bertz CT molecular complexity index is 392. The quantitative estimate of drug-likeness (QED) is 0.801. The van der Waals surface area contributed by atoms with Gasteiger partial charge in [0.05, 0.1) is 17.5 Å². The van der Waals surface area contributed by atoms with Crippen molar-refractivity contribution >= 4 is 11.4 Å². The molecule has 1 aliphatic heterocycles. The van der Waals surface area contributed by atoms with Crippen molar-refractivity contribution in [2.24, 2.45) is 0 Å². The Kier molecular flexibility index (Phi) is 3.78.